The number of phenolic OH excluding ortho intramolecular Hbond substituents is 1. The van der Waals surface area contributed by atoms with Crippen molar-refractivity contribution >= 4 is 17.8 Å². The molecule has 1 atom stereocenters. The first-order valence-corrected chi connectivity index (χ1v) is 10.8. The highest BCUT2D eigenvalue weighted by atomic mass is 16.5. The molecule has 3 N–H and O–H groups in total. The fraction of sp³-hybridized carbons (Fsp3) is 0.148. The van der Waals surface area contributed by atoms with Crippen molar-refractivity contribution in [2.24, 2.45) is 0 Å². The highest BCUT2D eigenvalue weighted by molar-refractivity contribution is 6.05. The van der Waals surface area contributed by atoms with E-state index in [0.29, 0.717) is 12.1 Å². The van der Waals surface area contributed by atoms with Crippen LogP contribution in [-0.2, 0) is 11.3 Å². The molecule has 0 saturated carbocycles. The number of nitrogens with one attached hydrogen (secondary N) is 2. The minimum absolute atomic E-state index is 0.0777. The van der Waals surface area contributed by atoms with Crippen molar-refractivity contribution in [2.75, 3.05) is 14.2 Å². The van der Waals surface area contributed by atoms with E-state index in [2.05, 4.69) is 22.5 Å². The van der Waals surface area contributed by atoms with Crippen molar-refractivity contribution < 1.29 is 24.2 Å². The molecule has 0 spiro atoms. The number of rotatable bonds is 2. The Morgan fingerprint density at radius 2 is 1.74 bits per heavy atom. The molecule has 0 radical (unpaired) electrons. The fourth-order valence-electron chi connectivity index (χ4n) is 3.68. The largest absolute Gasteiger partial charge is 0.507 e. The van der Waals surface area contributed by atoms with E-state index in [1.54, 1.807) is 49.4 Å². The quantitative estimate of drug-likeness (QED) is 0.395. The van der Waals surface area contributed by atoms with Crippen LogP contribution in [0, 0.1) is 11.8 Å². The monoisotopic (exact) mass is 469 g/mol. The first-order valence-electron chi connectivity index (χ1n) is 10.8. The minimum atomic E-state index is -0.814. The average molecular weight is 469 g/mol. The number of carbonyl (C=O) groups excluding carboxylic acids is 3. The molecule has 3 aromatic carbocycles. The molecule has 0 unspecified atom stereocenters. The summed E-state index contributed by atoms with van der Waals surface area (Å²) in [5.41, 5.74) is 4.17. The summed E-state index contributed by atoms with van der Waals surface area (Å²) < 4.78 is 5.05. The van der Waals surface area contributed by atoms with Crippen LogP contribution >= 0.6 is 0 Å². The number of hydrogen-bond acceptors (Lipinski definition) is 5. The maximum absolute atomic E-state index is 11.5. The third-order valence-electron chi connectivity index (χ3n) is 5.54. The van der Waals surface area contributed by atoms with E-state index in [1.165, 1.54) is 0 Å². The number of amides is 4. The molecule has 2 aliphatic rings. The van der Waals surface area contributed by atoms with E-state index in [0.717, 1.165) is 28.0 Å². The zero-order valence-corrected chi connectivity index (χ0v) is 19.2. The molecular formula is C27H23N3O5. The molecule has 1 saturated heterocycles. The maximum Gasteiger partial charge on any atom is 0.322 e. The van der Waals surface area contributed by atoms with Crippen LogP contribution < -0.4 is 15.4 Å². The number of fused-ring (bicyclic) bond motifs is 1. The zero-order chi connectivity index (χ0) is 24.9. The smallest absolute Gasteiger partial charge is 0.322 e. The van der Waals surface area contributed by atoms with Gasteiger partial charge in [0.05, 0.1) is 7.11 Å². The van der Waals surface area contributed by atoms with Gasteiger partial charge in [0, 0.05) is 30.3 Å². The van der Waals surface area contributed by atoms with Gasteiger partial charge in [-0.05, 0) is 41.5 Å². The third-order valence-corrected chi connectivity index (χ3v) is 5.54. The number of benzene rings is 3. The molecule has 8 heteroatoms. The molecular weight excluding hydrogens is 446 g/mol. The van der Waals surface area contributed by atoms with Crippen LogP contribution in [0.5, 0.6) is 11.5 Å². The van der Waals surface area contributed by atoms with Crippen LogP contribution in [0.2, 0.25) is 0 Å². The number of urea groups is 1. The average Bonchev–Trinajstić information content (AvgIpc) is 3.34. The van der Waals surface area contributed by atoms with E-state index in [-0.39, 0.29) is 11.7 Å². The Morgan fingerprint density at radius 1 is 1.00 bits per heavy atom. The summed E-state index contributed by atoms with van der Waals surface area (Å²) in [6, 6.07) is 18.6. The Kier molecular flexibility index (Phi) is 6.69. The summed E-state index contributed by atoms with van der Waals surface area (Å²) in [6.45, 7) is 0.707. The van der Waals surface area contributed by atoms with Crippen LogP contribution in [0.15, 0.2) is 66.7 Å². The Morgan fingerprint density at radius 3 is 2.40 bits per heavy atom. The van der Waals surface area contributed by atoms with Gasteiger partial charge in [0.25, 0.3) is 11.8 Å². The van der Waals surface area contributed by atoms with Crippen LogP contribution in [0.1, 0.15) is 21.5 Å². The van der Waals surface area contributed by atoms with Gasteiger partial charge in [0.1, 0.15) is 11.5 Å². The molecule has 0 aromatic heterocycles. The van der Waals surface area contributed by atoms with E-state index in [1.807, 2.05) is 36.4 Å². The lowest BCUT2D eigenvalue weighted by Crippen LogP contribution is -2.26. The van der Waals surface area contributed by atoms with E-state index in [4.69, 9.17) is 4.74 Å². The number of nitrogens with zero attached hydrogens (tertiary/aromatic N) is 1. The number of carbonyl (C=O) groups is 3. The Labute approximate surface area is 202 Å². The Balaban J connectivity index is 0.000000189. The molecule has 35 heavy (non-hydrogen) atoms. The van der Waals surface area contributed by atoms with Crippen molar-refractivity contribution in [3.63, 3.8) is 0 Å². The molecule has 2 heterocycles. The lowest BCUT2D eigenvalue weighted by atomic mass is 10.0. The normalized spacial score (nSPS) is 15.8. The molecule has 4 amide bonds. The van der Waals surface area contributed by atoms with Crippen molar-refractivity contribution in [3.05, 3.63) is 83.4 Å². The zero-order valence-electron chi connectivity index (χ0n) is 19.2. The van der Waals surface area contributed by atoms with Crippen LogP contribution in [0.4, 0.5) is 4.79 Å². The summed E-state index contributed by atoms with van der Waals surface area (Å²) in [5.74, 6) is 6.14. The van der Waals surface area contributed by atoms with E-state index in [9.17, 15) is 19.5 Å². The maximum atomic E-state index is 11.5. The fourth-order valence-corrected chi connectivity index (χ4v) is 3.68. The summed E-state index contributed by atoms with van der Waals surface area (Å²) in [7, 11) is 3.40. The first-order chi connectivity index (χ1) is 16.9. The predicted molar refractivity (Wildman–Crippen MR) is 130 cm³/mol. The number of imide groups is 1. The Bertz CT molecular complexity index is 1360. The lowest BCUT2D eigenvalue weighted by Gasteiger charge is -2.04. The van der Waals surface area contributed by atoms with Gasteiger partial charge >= 0.3 is 6.03 Å². The molecule has 0 bridgehead atoms. The molecule has 2 aliphatic heterocycles. The number of phenols is 1. The second-order valence-corrected chi connectivity index (χ2v) is 7.94. The molecule has 0 aliphatic carbocycles. The van der Waals surface area contributed by atoms with Crippen molar-refractivity contribution in [1.29, 1.82) is 0 Å². The summed E-state index contributed by atoms with van der Waals surface area (Å²) in [5, 5.41) is 14.4. The lowest BCUT2D eigenvalue weighted by molar-refractivity contribution is -0.119. The molecule has 176 valence electrons. The van der Waals surface area contributed by atoms with Gasteiger partial charge in [-0.2, -0.15) is 0 Å². The van der Waals surface area contributed by atoms with Crippen molar-refractivity contribution in [3.8, 4) is 34.5 Å². The molecule has 5 rings (SSSR count). The third kappa shape index (κ3) is 5.25. The van der Waals surface area contributed by atoms with Crippen molar-refractivity contribution in [2.45, 2.75) is 12.6 Å². The number of para-hydroxylation sites is 1. The molecule has 1 fully saturated rings. The Hall–Kier alpha value is -4.77. The van der Waals surface area contributed by atoms with Crippen molar-refractivity contribution in [1.82, 2.24) is 15.5 Å². The summed E-state index contributed by atoms with van der Waals surface area (Å²) in [4.78, 5) is 35.6. The van der Waals surface area contributed by atoms with Gasteiger partial charge in [-0.3, -0.25) is 14.9 Å². The van der Waals surface area contributed by atoms with Gasteiger partial charge in [0.2, 0.25) is 0 Å². The SMILES string of the molecule is COc1ccc2c(c1)C(=O)N(C)C2.O=C1NC(=O)[C@H](C#Cc2ccc(-c3ccccc3O)cc2)N1. The van der Waals surface area contributed by atoms with Gasteiger partial charge in [-0.1, -0.05) is 48.2 Å². The first kappa shape index (κ1) is 23.4. The minimum Gasteiger partial charge on any atom is -0.507 e. The van der Waals surface area contributed by atoms with Gasteiger partial charge in [-0.15, -0.1) is 0 Å². The standard InChI is InChI=1S/C17H12N2O3.C10H11NO2/c20-15-4-2-1-3-13(15)12-8-5-11(6-9-12)7-10-14-16(21)19-17(22)18-14;1-11-6-7-3-4-8(13-2)5-9(7)10(11)12/h1-6,8-9,14,20H,(H2,18,19,21,22);3-5H,6H2,1-2H3/t14-;/m0./s1. The topological polar surface area (TPSA) is 108 Å². The summed E-state index contributed by atoms with van der Waals surface area (Å²) in [6.07, 6.45) is 0. The second-order valence-electron chi connectivity index (χ2n) is 7.94. The number of hydrogen-bond donors (Lipinski definition) is 3. The van der Waals surface area contributed by atoms with Gasteiger partial charge in [0.15, 0.2) is 6.04 Å². The van der Waals surface area contributed by atoms with Crippen LogP contribution in [0.25, 0.3) is 11.1 Å². The van der Waals surface area contributed by atoms with Crippen LogP contribution in [-0.4, -0.2) is 48.1 Å². The van der Waals surface area contributed by atoms with Crippen LogP contribution in [0.3, 0.4) is 0 Å². The highest BCUT2D eigenvalue weighted by Crippen LogP contribution is 2.28. The summed E-state index contributed by atoms with van der Waals surface area (Å²) >= 11 is 0. The molecule has 3 aromatic rings. The second kappa shape index (κ2) is 10.0. The van der Waals surface area contributed by atoms with E-state index >= 15 is 0 Å². The van der Waals surface area contributed by atoms with Gasteiger partial charge < -0.3 is 20.1 Å². The number of ether oxygens (including phenoxy) is 1. The molecule has 8 nitrogen and oxygen atoms in total. The van der Waals surface area contributed by atoms with E-state index < -0.39 is 18.0 Å². The predicted octanol–water partition coefficient (Wildman–Crippen LogP) is 2.90. The highest BCUT2D eigenvalue weighted by Gasteiger charge is 2.27. The number of methoxy groups -OCH3 is 1. The van der Waals surface area contributed by atoms with Gasteiger partial charge in [-0.25, -0.2) is 4.79 Å². The number of aromatic hydroxyl groups is 1.